The number of aromatic nitrogens is 4. The second-order valence-corrected chi connectivity index (χ2v) is 8.31. The van der Waals surface area contributed by atoms with E-state index in [1.54, 1.807) is 19.5 Å². The molecule has 0 radical (unpaired) electrons. The van der Waals surface area contributed by atoms with E-state index in [4.69, 9.17) is 4.74 Å². The Morgan fingerprint density at radius 3 is 2.82 bits per heavy atom. The Morgan fingerprint density at radius 2 is 2.03 bits per heavy atom. The second-order valence-electron chi connectivity index (χ2n) is 8.31. The fraction of sp³-hybridized carbons (Fsp3) is 0.375. The molecule has 0 spiro atoms. The normalized spacial score (nSPS) is 13.2. The molecule has 9 heteroatoms. The van der Waals surface area contributed by atoms with Crippen molar-refractivity contribution >= 4 is 17.6 Å². The first kappa shape index (κ1) is 22.6. The van der Waals surface area contributed by atoms with E-state index in [9.17, 15) is 9.59 Å². The van der Waals surface area contributed by atoms with Gasteiger partial charge in [0.25, 0.3) is 5.91 Å². The molecule has 3 heterocycles. The Morgan fingerprint density at radius 1 is 1.18 bits per heavy atom. The van der Waals surface area contributed by atoms with Crippen molar-refractivity contribution in [3.63, 3.8) is 0 Å². The molecule has 1 aromatic carbocycles. The lowest BCUT2D eigenvalue weighted by molar-refractivity contribution is -0.133. The number of amides is 2. The molecule has 3 aromatic rings. The fourth-order valence-corrected chi connectivity index (χ4v) is 3.88. The largest absolute Gasteiger partial charge is 0.384 e. The van der Waals surface area contributed by atoms with Gasteiger partial charge in [0.05, 0.1) is 13.0 Å². The summed E-state index contributed by atoms with van der Waals surface area (Å²) in [5, 5.41) is 11.0. The topological polar surface area (TPSA) is 102 Å². The van der Waals surface area contributed by atoms with Gasteiger partial charge in [-0.05, 0) is 55.7 Å². The number of nitrogens with one attached hydrogen (secondary N) is 1. The lowest BCUT2D eigenvalue weighted by Gasteiger charge is -2.29. The molecule has 1 aliphatic rings. The smallest absolute Gasteiger partial charge is 0.256 e. The van der Waals surface area contributed by atoms with E-state index in [0.29, 0.717) is 49.0 Å². The SMILES string of the molecule is COCCC(=O)N1CCc2ccc(C(=O)Nc3cccc(-c4nncn4C(C)C)n3)cc2C1. The van der Waals surface area contributed by atoms with Crippen LogP contribution in [0.15, 0.2) is 42.7 Å². The standard InChI is InChI=1S/C24H28N6O3/c1-16(2)30-15-25-28-23(30)20-5-4-6-21(26-20)27-24(32)18-8-7-17-9-11-29(14-19(17)13-18)22(31)10-12-33-3/h4-8,13,15-16H,9-12,14H2,1-3H3,(H,26,27,32). The minimum atomic E-state index is -0.254. The summed E-state index contributed by atoms with van der Waals surface area (Å²) in [6.45, 7) is 5.67. The summed E-state index contributed by atoms with van der Waals surface area (Å²) in [6, 6.07) is 11.2. The van der Waals surface area contributed by atoms with Crippen molar-refractivity contribution < 1.29 is 14.3 Å². The number of methoxy groups -OCH3 is 1. The third-order valence-corrected chi connectivity index (χ3v) is 5.70. The Labute approximate surface area is 192 Å². The van der Waals surface area contributed by atoms with Gasteiger partial charge < -0.3 is 19.5 Å². The lowest BCUT2D eigenvalue weighted by atomic mass is 9.97. The molecule has 1 N–H and O–H groups in total. The number of pyridine rings is 1. The molecule has 2 aromatic heterocycles. The molecular weight excluding hydrogens is 420 g/mol. The number of carbonyl (C=O) groups excluding carboxylic acids is 2. The number of fused-ring (bicyclic) bond motifs is 1. The predicted molar refractivity (Wildman–Crippen MR) is 124 cm³/mol. The van der Waals surface area contributed by atoms with Crippen LogP contribution in [0, 0.1) is 0 Å². The summed E-state index contributed by atoms with van der Waals surface area (Å²) in [4.78, 5) is 31.7. The Bertz CT molecular complexity index is 1160. The van der Waals surface area contributed by atoms with E-state index >= 15 is 0 Å². The van der Waals surface area contributed by atoms with E-state index in [1.807, 2.05) is 53.6 Å². The van der Waals surface area contributed by atoms with Crippen LogP contribution in [-0.2, 0) is 22.5 Å². The molecule has 33 heavy (non-hydrogen) atoms. The number of nitrogens with zero attached hydrogens (tertiary/aromatic N) is 5. The van der Waals surface area contributed by atoms with Crippen LogP contribution in [0.4, 0.5) is 5.82 Å². The summed E-state index contributed by atoms with van der Waals surface area (Å²) >= 11 is 0. The van der Waals surface area contributed by atoms with Crippen LogP contribution in [0.1, 0.15) is 47.8 Å². The van der Waals surface area contributed by atoms with Crippen LogP contribution in [0.3, 0.4) is 0 Å². The van der Waals surface area contributed by atoms with Crippen LogP contribution >= 0.6 is 0 Å². The third kappa shape index (κ3) is 5.09. The van der Waals surface area contributed by atoms with Crippen molar-refractivity contribution in [2.24, 2.45) is 0 Å². The summed E-state index contributed by atoms with van der Waals surface area (Å²) < 4.78 is 6.94. The molecule has 9 nitrogen and oxygen atoms in total. The number of rotatable bonds is 7. The molecule has 0 aliphatic carbocycles. The monoisotopic (exact) mass is 448 g/mol. The van der Waals surface area contributed by atoms with Crippen molar-refractivity contribution in [1.82, 2.24) is 24.6 Å². The molecule has 0 fully saturated rings. The number of anilines is 1. The zero-order chi connectivity index (χ0) is 23.4. The maximum absolute atomic E-state index is 12.9. The van der Waals surface area contributed by atoms with Crippen LogP contribution in [0.5, 0.6) is 0 Å². The molecule has 0 atom stereocenters. The van der Waals surface area contributed by atoms with Gasteiger partial charge in [0, 0.05) is 31.8 Å². The highest BCUT2D eigenvalue weighted by Gasteiger charge is 2.22. The van der Waals surface area contributed by atoms with Gasteiger partial charge in [-0.3, -0.25) is 9.59 Å². The van der Waals surface area contributed by atoms with Gasteiger partial charge in [0.2, 0.25) is 5.91 Å². The van der Waals surface area contributed by atoms with Crippen molar-refractivity contribution in [3.8, 4) is 11.5 Å². The molecule has 4 rings (SSSR count). The molecule has 1 aliphatic heterocycles. The van der Waals surface area contributed by atoms with Gasteiger partial charge in [-0.2, -0.15) is 0 Å². The Hall–Kier alpha value is -3.59. The quantitative estimate of drug-likeness (QED) is 0.596. The zero-order valence-electron chi connectivity index (χ0n) is 19.1. The lowest BCUT2D eigenvalue weighted by Crippen LogP contribution is -2.36. The summed E-state index contributed by atoms with van der Waals surface area (Å²) in [7, 11) is 1.59. The number of benzene rings is 1. The first-order chi connectivity index (χ1) is 16.0. The van der Waals surface area contributed by atoms with Gasteiger partial charge in [0.1, 0.15) is 17.8 Å². The molecule has 0 saturated heterocycles. The molecule has 2 amide bonds. The van der Waals surface area contributed by atoms with E-state index in [0.717, 1.165) is 17.5 Å². The van der Waals surface area contributed by atoms with E-state index in [2.05, 4.69) is 20.5 Å². The van der Waals surface area contributed by atoms with Gasteiger partial charge in [-0.25, -0.2) is 4.98 Å². The van der Waals surface area contributed by atoms with E-state index < -0.39 is 0 Å². The van der Waals surface area contributed by atoms with Gasteiger partial charge in [-0.1, -0.05) is 12.1 Å². The Balaban J connectivity index is 1.49. The highest BCUT2D eigenvalue weighted by molar-refractivity contribution is 6.04. The highest BCUT2D eigenvalue weighted by Crippen LogP contribution is 2.23. The van der Waals surface area contributed by atoms with Gasteiger partial charge in [0.15, 0.2) is 5.82 Å². The average Bonchev–Trinajstić information content (AvgIpc) is 3.32. The third-order valence-electron chi connectivity index (χ3n) is 5.70. The molecule has 0 unspecified atom stereocenters. The summed E-state index contributed by atoms with van der Waals surface area (Å²) in [5.74, 6) is 0.890. The van der Waals surface area contributed by atoms with E-state index in [-0.39, 0.29) is 17.9 Å². The molecule has 172 valence electrons. The van der Waals surface area contributed by atoms with Gasteiger partial charge in [-0.15, -0.1) is 10.2 Å². The minimum absolute atomic E-state index is 0.0626. The summed E-state index contributed by atoms with van der Waals surface area (Å²) in [6.07, 6.45) is 2.80. The highest BCUT2D eigenvalue weighted by atomic mass is 16.5. The van der Waals surface area contributed by atoms with Crippen LogP contribution in [0.2, 0.25) is 0 Å². The molecule has 0 bridgehead atoms. The predicted octanol–water partition coefficient (Wildman–Crippen LogP) is 3.09. The first-order valence-electron chi connectivity index (χ1n) is 11.0. The molecular formula is C24H28N6O3. The Kier molecular flexibility index (Phi) is 6.79. The van der Waals surface area contributed by atoms with E-state index in [1.165, 1.54) is 0 Å². The maximum atomic E-state index is 12.9. The minimum Gasteiger partial charge on any atom is -0.384 e. The van der Waals surface area contributed by atoms with Crippen LogP contribution in [-0.4, -0.2) is 56.7 Å². The second kappa shape index (κ2) is 9.91. The average molecular weight is 449 g/mol. The maximum Gasteiger partial charge on any atom is 0.256 e. The molecule has 0 saturated carbocycles. The first-order valence-corrected chi connectivity index (χ1v) is 11.0. The summed E-state index contributed by atoms with van der Waals surface area (Å²) in [5.41, 5.74) is 3.31. The number of hydrogen-bond acceptors (Lipinski definition) is 6. The number of carbonyl (C=O) groups is 2. The van der Waals surface area contributed by atoms with Crippen LogP contribution < -0.4 is 5.32 Å². The van der Waals surface area contributed by atoms with Crippen LogP contribution in [0.25, 0.3) is 11.5 Å². The zero-order valence-corrected chi connectivity index (χ0v) is 19.1. The van der Waals surface area contributed by atoms with Crippen molar-refractivity contribution in [3.05, 3.63) is 59.4 Å². The van der Waals surface area contributed by atoms with Crippen molar-refractivity contribution in [2.75, 3.05) is 25.6 Å². The van der Waals surface area contributed by atoms with Crippen molar-refractivity contribution in [2.45, 2.75) is 39.3 Å². The fourth-order valence-electron chi connectivity index (χ4n) is 3.88. The van der Waals surface area contributed by atoms with Crippen molar-refractivity contribution in [1.29, 1.82) is 0 Å². The van der Waals surface area contributed by atoms with Gasteiger partial charge >= 0.3 is 0 Å². The number of ether oxygens (including phenoxy) is 1. The number of hydrogen-bond donors (Lipinski definition) is 1.